The van der Waals surface area contributed by atoms with E-state index in [-0.39, 0.29) is 17.5 Å². The van der Waals surface area contributed by atoms with Gasteiger partial charge in [-0.05, 0) is 49.6 Å². The summed E-state index contributed by atoms with van der Waals surface area (Å²) in [5.74, 6) is 0.150. The van der Waals surface area contributed by atoms with Crippen molar-refractivity contribution in [1.29, 1.82) is 0 Å². The van der Waals surface area contributed by atoms with Crippen LogP contribution in [0.1, 0.15) is 57.5 Å². The molecule has 0 saturated heterocycles. The highest BCUT2D eigenvalue weighted by Crippen LogP contribution is 2.37. The summed E-state index contributed by atoms with van der Waals surface area (Å²) in [6.07, 6.45) is 6.60. The monoisotopic (exact) mass is 430 g/mol. The number of fused-ring (bicyclic) bond motifs is 2. The van der Waals surface area contributed by atoms with Crippen molar-refractivity contribution >= 4 is 34.1 Å². The van der Waals surface area contributed by atoms with E-state index in [2.05, 4.69) is 15.6 Å². The fourth-order valence-corrected chi connectivity index (χ4v) is 4.75. The molecule has 1 aliphatic carbocycles. The molecule has 1 fully saturated rings. The van der Waals surface area contributed by atoms with Crippen LogP contribution in [0, 0.1) is 6.92 Å². The average molecular weight is 431 g/mol. The van der Waals surface area contributed by atoms with Crippen LogP contribution < -0.4 is 21.1 Å². The lowest BCUT2D eigenvalue weighted by atomic mass is 10.0. The van der Waals surface area contributed by atoms with Crippen molar-refractivity contribution in [3.8, 4) is 5.75 Å². The quantitative estimate of drug-likeness (QED) is 0.567. The number of nitrogens with two attached hydrogens (primary N) is 1. The van der Waals surface area contributed by atoms with Crippen molar-refractivity contribution in [2.24, 2.45) is 5.73 Å². The van der Waals surface area contributed by atoms with E-state index >= 15 is 0 Å². The Bertz CT molecular complexity index is 1230. The molecule has 7 heteroatoms. The molecular weight excluding hydrogens is 404 g/mol. The van der Waals surface area contributed by atoms with Crippen molar-refractivity contribution in [2.45, 2.75) is 45.1 Å². The molecule has 0 bridgehead atoms. The molecule has 0 radical (unpaired) electrons. The Hall–Kier alpha value is -3.61. The molecule has 1 saturated carbocycles. The molecule has 0 unspecified atom stereocenters. The maximum atomic E-state index is 13.0. The van der Waals surface area contributed by atoms with E-state index in [1.807, 2.05) is 31.2 Å². The number of hydrogen-bond donors (Lipinski definition) is 3. The van der Waals surface area contributed by atoms with Gasteiger partial charge in [0.2, 0.25) is 0 Å². The van der Waals surface area contributed by atoms with Gasteiger partial charge in [0.05, 0.1) is 23.4 Å². The molecule has 2 aromatic carbocycles. The summed E-state index contributed by atoms with van der Waals surface area (Å²) >= 11 is 0. The van der Waals surface area contributed by atoms with Gasteiger partial charge in [-0.3, -0.25) is 14.6 Å². The van der Waals surface area contributed by atoms with Gasteiger partial charge in [0, 0.05) is 40.9 Å². The Balaban J connectivity index is 1.62. The predicted molar refractivity (Wildman–Crippen MR) is 124 cm³/mol. The molecule has 2 aliphatic rings. The first-order valence-electron chi connectivity index (χ1n) is 11.1. The van der Waals surface area contributed by atoms with Crippen molar-refractivity contribution in [2.75, 3.05) is 11.9 Å². The minimum atomic E-state index is -0.579. The lowest BCUT2D eigenvalue weighted by Gasteiger charge is -2.17. The van der Waals surface area contributed by atoms with E-state index in [0.717, 1.165) is 60.2 Å². The van der Waals surface area contributed by atoms with Crippen molar-refractivity contribution in [3.05, 3.63) is 58.8 Å². The summed E-state index contributed by atoms with van der Waals surface area (Å²) in [5.41, 5.74) is 10.6. The lowest BCUT2D eigenvalue weighted by Crippen LogP contribution is -2.32. The lowest BCUT2D eigenvalue weighted by molar-refractivity contribution is 0.0937. The molecule has 0 atom stereocenters. The number of pyridine rings is 1. The fraction of sp³-hybridized carbons (Fsp3) is 0.320. The van der Waals surface area contributed by atoms with Gasteiger partial charge in [-0.25, -0.2) is 0 Å². The van der Waals surface area contributed by atoms with Gasteiger partial charge in [-0.15, -0.1) is 0 Å². The Morgan fingerprint density at radius 3 is 2.78 bits per heavy atom. The third-order valence-corrected chi connectivity index (χ3v) is 6.38. The number of nitrogens with one attached hydrogen (secondary N) is 2. The second-order valence-corrected chi connectivity index (χ2v) is 8.56. The second-order valence-electron chi connectivity index (χ2n) is 8.56. The molecule has 1 aromatic heterocycles. The average Bonchev–Trinajstić information content (AvgIpc) is 3.46. The van der Waals surface area contributed by atoms with Gasteiger partial charge >= 0.3 is 0 Å². The van der Waals surface area contributed by atoms with E-state index in [1.165, 1.54) is 6.20 Å². The zero-order valence-electron chi connectivity index (χ0n) is 18.0. The molecule has 3 aromatic rings. The number of ether oxygens (including phenoxy) is 1. The molecule has 7 nitrogen and oxygen atoms in total. The highest BCUT2D eigenvalue weighted by Gasteiger charge is 2.22. The second kappa shape index (κ2) is 8.15. The topological polar surface area (TPSA) is 106 Å². The minimum Gasteiger partial charge on any atom is -0.493 e. The van der Waals surface area contributed by atoms with Gasteiger partial charge in [-0.1, -0.05) is 18.9 Å². The zero-order chi connectivity index (χ0) is 22.2. The van der Waals surface area contributed by atoms with E-state index in [4.69, 9.17) is 10.5 Å². The van der Waals surface area contributed by atoms with Crippen LogP contribution in [0.3, 0.4) is 0 Å². The Morgan fingerprint density at radius 1 is 1.19 bits per heavy atom. The molecule has 5 rings (SSSR count). The molecule has 2 heterocycles. The van der Waals surface area contributed by atoms with Crippen molar-refractivity contribution in [3.63, 3.8) is 0 Å². The van der Waals surface area contributed by atoms with Gasteiger partial charge in [-0.2, -0.15) is 0 Å². The SMILES string of the molecule is Cc1cc(C(=O)NC2CCCC2)cc2c(Nc3cccc4c3CCO4)c(C(N)=O)cnc12. The van der Waals surface area contributed by atoms with Crippen LogP contribution in [0.15, 0.2) is 36.5 Å². The number of hydrogen-bond acceptors (Lipinski definition) is 5. The summed E-state index contributed by atoms with van der Waals surface area (Å²) in [5, 5.41) is 7.24. The molecule has 164 valence electrons. The van der Waals surface area contributed by atoms with E-state index in [9.17, 15) is 9.59 Å². The zero-order valence-corrected chi connectivity index (χ0v) is 18.0. The Kier molecular flexibility index (Phi) is 5.17. The standard InChI is InChI=1S/C25H26N4O3/c1-14-11-15(25(31)28-16-5-2-3-6-16)12-18-22(14)27-13-19(24(26)30)23(18)29-20-7-4-8-21-17(20)9-10-32-21/h4,7-8,11-13,16H,2-3,5-6,9-10H2,1H3,(H2,26,30)(H,27,29)(H,28,31). The van der Waals surface area contributed by atoms with E-state index < -0.39 is 5.91 Å². The van der Waals surface area contributed by atoms with Crippen LogP contribution in [0.4, 0.5) is 11.4 Å². The molecule has 1 aliphatic heterocycles. The number of nitrogens with zero attached hydrogens (tertiary/aromatic N) is 1. The van der Waals surface area contributed by atoms with Crippen molar-refractivity contribution in [1.82, 2.24) is 10.3 Å². The third kappa shape index (κ3) is 3.64. The van der Waals surface area contributed by atoms with Crippen LogP contribution in [-0.2, 0) is 6.42 Å². The van der Waals surface area contributed by atoms with Crippen LogP contribution in [-0.4, -0.2) is 29.4 Å². The number of rotatable bonds is 5. The number of primary amides is 1. The largest absolute Gasteiger partial charge is 0.493 e. The van der Waals surface area contributed by atoms with Crippen molar-refractivity contribution < 1.29 is 14.3 Å². The van der Waals surface area contributed by atoms with E-state index in [1.54, 1.807) is 6.07 Å². The van der Waals surface area contributed by atoms with Crippen LogP contribution in [0.5, 0.6) is 5.75 Å². The molecule has 4 N–H and O–H groups in total. The van der Waals surface area contributed by atoms with Gasteiger partial charge in [0.25, 0.3) is 11.8 Å². The van der Waals surface area contributed by atoms with E-state index in [0.29, 0.717) is 23.2 Å². The maximum Gasteiger partial charge on any atom is 0.252 e. The first-order valence-corrected chi connectivity index (χ1v) is 11.1. The predicted octanol–water partition coefficient (Wildman–Crippen LogP) is 3.99. The Morgan fingerprint density at radius 2 is 2.00 bits per heavy atom. The highest BCUT2D eigenvalue weighted by molar-refractivity contribution is 6.10. The first kappa shape index (κ1) is 20.3. The number of aryl methyl sites for hydroxylation is 1. The number of carbonyl (C=O) groups is 2. The summed E-state index contributed by atoms with van der Waals surface area (Å²) < 4.78 is 5.68. The van der Waals surface area contributed by atoms with Gasteiger partial charge < -0.3 is 21.1 Å². The maximum absolute atomic E-state index is 13.0. The number of benzene rings is 2. The number of anilines is 2. The number of amides is 2. The van der Waals surface area contributed by atoms with Gasteiger partial charge in [0.15, 0.2) is 0 Å². The molecule has 0 spiro atoms. The van der Waals surface area contributed by atoms with Crippen LogP contribution in [0.25, 0.3) is 10.9 Å². The molecular formula is C25H26N4O3. The molecule has 2 amide bonds. The Labute approximate surface area is 186 Å². The first-order chi connectivity index (χ1) is 15.5. The number of aromatic nitrogens is 1. The van der Waals surface area contributed by atoms with Crippen LogP contribution in [0.2, 0.25) is 0 Å². The summed E-state index contributed by atoms with van der Waals surface area (Å²) in [6, 6.07) is 9.66. The van der Waals surface area contributed by atoms with Crippen LogP contribution >= 0.6 is 0 Å². The summed E-state index contributed by atoms with van der Waals surface area (Å²) in [6.45, 7) is 2.54. The minimum absolute atomic E-state index is 0.105. The normalized spacial score (nSPS) is 15.4. The summed E-state index contributed by atoms with van der Waals surface area (Å²) in [7, 11) is 0. The summed E-state index contributed by atoms with van der Waals surface area (Å²) in [4.78, 5) is 29.7. The molecule has 32 heavy (non-hydrogen) atoms. The van der Waals surface area contributed by atoms with Gasteiger partial charge in [0.1, 0.15) is 5.75 Å². The fourth-order valence-electron chi connectivity index (χ4n) is 4.75. The third-order valence-electron chi connectivity index (χ3n) is 6.38. The highest BCUT2D eigenvalue weighted by atomic mass is 16.5. The smallest absolute Gasteiger partial charge is 0.252 e. The number of carbonyl (C=O) groups excluding carboxylic acids is 2.